The van der Waals surface area contributed by atoms with Crippen molar-refractivity contribution in [1.29, 1.82) is 0 Å². The fraction of sp³-hybridized carbons (Fsp3) is 0.308. The van der Waals surface area contributed by atoms with Gasteiger partial charge in [0.25, 0.3) is 0 Å². The van der Waals surface area contributed by atoms with Crippen molar-refractivity contribution in [3.05, 3.63) is 40.0 Å². The van der Waals surface area contributed by atoms with Gasteiger partial charge in [0.2, 0.25) is 0 Å². The Hall–Kier alpha value is -0.460. The lowest BCUT2D eigenvalue weighted by Gasteiger charge is -2.06. The smallest absolute Gasteiger partial charge is 0.127 e. The van der Waals surface area contributed by atoms with Crippen molar-refractivity contribution in [2.24, 2.45) is 0 Å². The second-order valence-electron chi connectivity index (χ2n) is 4.26. The number of aromatic nitrogens is 2. The topological polar surface area (TPSA) is 43.8 Å². The molecular weight excluding hydrogens is 396 g/mol. The molecule has 1 aromatic heterocycles. The molecule has 0 amide bonds. The molecule has 1 atom stereocenters. The highest BCUT2D eigenvalue weighted by molar-refractivity contribution is 14.1. The summed E-state index contributed by atoms with van der Waals surface area (Å²) in [5.41, 5.74) is 7.83. The van der Waals surface area contributed by atoms with Crippen molar-refractivity contribution in [2.75, 3.05) is 5.73 Å². The maximum absolute atomic E-state index is 6.02. The first-order valence-electron chi connectivity index (χ1n) is 5.98. The molecule has 0 saturated carbocycles. The molecule has 2 N–H and O–H groups in total. The molecule has 0 aliphatic carbocycles. The van der Waals surface area contributed by atoms with E-state index in [1.807, 2.05) is 12.1 Å². The van der Waals surface area contributed by atoms with E-state index in [-0.39, 0.29) is 0 Å². The highest BCUT2D eigenvalue weighted by Gasteiger charge is 2.14. The van der Waals surface area contributed by atoms with Gasteiger partial charge in [0, 0.05) is 6.07 Å². The second-order valence-corrected chi connectivity index (χ2v) is 6.58. The van der Waals surface area contributed by atoms with Crippen LogP contribution in [0.25, 0.3) is 5.69 Å². The maximum atomic E-state index is 6.02. The number of anilines is 1. The lowest BCUT2D eigenvalue weighted by Crippen LogP contribution is -2.02. The third kappa shape index (κ3) is 3.35. The van der Waals surface area contributed by atoms with Crippen LogP contribution in [0.3, 0.4) is 0 Å². The zero-order valence-corrected chi connectivity index (χ0v) is 14.1. The molecule has 0 fully saturated rings. The van der Waals surface area contributed by atoms with Gasteiger partial charge in [-0.2, -0.15) is 5.10 Å². The van der Waals surface area contributed by atoms with E-state index in [9.17, 15) is 0 Å². The zero-order valence-electron chi connectivity index (χ0n) is 10.4. The summed E-state index contributed by atoms with van der Waals surface area (Å²) in [7, 11) is 0. The first-order chi connectivity index (χ1) is 9.02. The third-order valence-electron chi connectivity index (χ3n) is 2.77. The number of nitrogens with zero attached hydrogens (tertiary/aromatic N) is 2. The van der Waals surface area contributed by atoms with Crippen molar-refractivity contribution < 1.29 is 0 Å². The standard InChI is InChI=1S/C13H14Cl2IN3/c1-2-3-11(16)12-7-13(17)19(18-12)8-4-5-9(14)10(15)6-8/h4-7,11H,2-3,17H2,1H3. The van der Waals surface area contributed by atoms with Gasteiger partial charge in [-0.1, -0.05) is 59.1 Å². The van der Waals surface area contributed by atoms with Crippen LogP contribution < -0.4 is 5.73 Å². The van der Waals surface area contributed by atoms with E-state index in [1.54, 1.807) is 16.8 Å². The molecule has 0 bridgehead atoms. The molecule has 0 aliphatic heterocycles. The first-order valence-corrected chi connectivity index (χ1v) is 7.98. The van der Waals surface area contributed by atoms with Crippen LogP contribution >= 0.6 is 45.8 Å². The van der Waals surface area contributed by atoms with Crippen LogP contribution in [0, 0.1) is 0 Å². The van der Waals surface area contributed by atoms with E-state index in [1.165, 1.54) is 0 Å². The Morgan fingerprint density at radius 3 is 2.68 bits per heavy atom. The lowest BCUT2D eigenvalue weighted by atomic mass is 10.2. The van der Waals surface area contributed by atoms with Crippen LogP contribution in [-0.4, -0.2) is 9.78 Å². The Labute approximate surface area is 136 Å². The normalized spacial score (nSPS) is 12.6. The Kier molecular flexibility index (Phi) is 4.97. The summed E-state index contributed by atoms with van der Waals surface area (Å²) in [6, 6.07) is 7.27. The van der Waals surface area contributed by atoms with E-state index in [0.29, 0.717) is 19.8 Å². The molecule has 19 heavy (non-hydrogen) atoms. The minimum absolute atomic E-state index is 0.369. The van der Waals surface area contributed by atoms with Crippen LogP contribution in [-0.2, 0) is 0 Å². The number of hydrogen-bond donors (Lipinski definition) is 1. The molecule has 0 spiro atoms. The molecule has 0 radical (unpaired) electrons. The molecule has 0 saturated heterocycles. The predicted octanol–water partition coefficient (Wildman–Crippen LogP) is 5.04. The number of nitrogens with two attached hydrogens (primary N) is 1. The van der Waals surface area contributed by atoms with Gasteiger partial charge in [0.15, 0.2) is 0 Å². The molecule has 3 nitrogen and oxygen atoms in total. The van der Waals surface area contributed by atoms with Crippen LogP contribution in [0.2, 0.25) is 10.0 Å². The molecule has 1 unspecified atom stereocenters. The molecule has 102 valence electrons. The van der Waals surface area contributed by atoms with Gasteiger partial charge in [-0.15, -0.1) is 0 Å². The summed E-state index contributed by atoms with van der Waals surface area (Å²) in [4.78, 5) is 0. The van der Waals surface area contributed by atoms with Gasteiger partial charge in [-0.05, 0) is 24.6 Å². The summed E-state index contributed by atoms with van der Waals surface area (Å²) in [6.45, 7) is 2.16. The van der Waals surface area contributed by atoms with Crippen molar-refractivity contribution in [1.82, 2.24) is 9.78 Å². The van der Waals surface area contributed by atoms with Gasteiger partial charge < -0.3 is 5.73 Å². The molecule has 2 aromatic rings. The highest BCUT2D eigenvalue weighted by atomic mass is 127. The summed E-state index contributed by atoms with van der Waals surface area (Å²) >= 11 is 14.3. The number of halogens is 3. The molecule has 0 aliphatic rings. The first kappa shape index (κ1) is 14.9. The van der Waals surface area contributed by atoms with Crippen LogP contribution in [0.4, 0.5) is 5.82 Å². The van der Waals surface area contributed by atoms with Crippen molar-refractivity contribution in [3.8, 4) is 5.69 Å². The molecule has 2 rings (SSSR count). The van der Waals surface area contributed by atoms with E-state index in [4.69, 9.17) is 28.9 Å². The lowest BCUT2D eigenvalue weighted by molar-refractivity contribution is 0.757. The molecular formula is C13H14Cl2IN3. The molecule has 1 aromatic carbocycles. The largest absolute Gasteiger partial charge is 0.384 e. The summed E-state index contributed by atoms with van der Waals surface area (Å²) in [5, 5.41) is 5.57. The van der Waals surface area contributed by atoms with E-state index >= 15 is 0 Å². The summed E-state index contributed by atoms with van der Waals surface area (Å²) in [6.07, 6.45) is 2.20. The van der Waals surface area contributed by atoms with E-state index in [0.717, 1.165) is 24.2 Å². The number of hydrogen-bond acceptors (Lipinski definition) is 2. The summed E-state index contributed by atoms with van der Waals surface area (Å²) < 4.78 is 2.06. The van der Waals surface area contributed by atoms with Crippen LogP contribution in [0.15, 0.2) is 24.3 Å². The van der Waals surface area contributed by atoms with Gasteiger partial charge in [-0.3, -0.25) is 0 Å². The quantitative estimate of drug-likeness (QED) is 0.567. The zero-order chi connectivity index (χ0) is 14.0. The molecule has 6 heteroatoms. The van der Waals surface area contributed by atoms with Crippen molar-refractivity contribution >= 4 is 51.6 Å². The third-order valence-corrected chi connectivity index (χ3v) is 4.77. The monoisotopic (exact) mass is 409 g/mol. The minimum atomic E-state index is 0.369. The summed E-state index contributed by atoms with van der Waals surface area (Å²) in [5.74, 6) is 0.603. The van der Waals surface area contributed by atoms with Crippen molar-refractivity contribution in [3.63, 3.8) is 0 Å². The van der Waals surface area contributed by atoms with Crippen molar-refractivity contribution in [2.45, 2.75) is 23.7 Å². The predicted molar refractivity (Wildman–Crippen MR) is 89.7 cm³/mol. The SMILES string of the molecule is CCCC(I)c1cc(N)n(-c2ccc(Cl)c(Cl)c2)n1. The second kappa shape index (κ2) is 6.33. The fourth-order valence-electron chi connectivity index (χ4n) is 1.79. The Bertz CT molecular complexity index is 583. The van der Waals surface area contributed by atoms with Gasteiger partial charge >= 0.3 is 0 Å². The van der Waals surface area contributed by atoms with Gasteiger partial charge in [0.1, 0.15) is 5.82 Å². The number of benzene rings is 1. The Balaban J connectivity index is 2.37. The van der Waals surface area contributed by atoms with Gasteiger partial charge in [-0.25, -0.2) is 4.68 Å². The average Bonchev–Trinajstić information content (AvgIpc) is 2.75. The number of alkyl halides is 1. The minimum Gasteiger partial charge on any atom is -0.384 e. The van der Waals surface area contributed by atoms with Crippen LogP contribution in [0.5, 0.6) is 0 Å². The number of nitrogen functional groups attached to an aromatic ring is 1. The number of rotatable bonds is 4. The average molecular weight is 410 g/mol. The van der Waals surface area contributed by atoms with E-state index in [2.05, 4.69) is 34.6 Å². The van der Waals surface area contributed by atoms with E-state index < -0.39 is 0 Å². The molecule has 1 heterocycles. The highest BCUT2D eigenvalue weighted by Crippen LogP contribution is 2.30. The Morgan fingerprint density at radius 1 is 1.32 bits per heavy atom. The maximum Gasteiger partial charge on any atom is 0.127 e. The Morgan fingerprint density at radius 2 is 2.05 bits per heavy atom. The van der Waals surface area contributed by atoms with Gasteiger partial charge in [0.05, 0.1) is 25.4 Å². The van der Waals surface area contributed by atoms with Crippen LogP contribution in [0.1, 0.15) is 29.4 Å². The fourth-order valence-corrected chi connectivity index (χ4v) is 3.01.